The van der Waals surface area contributed by atoms with Crippen LogP contribution in [0.1, 0.15) is 0 Å². The van der Waals surface area contributed by atoms with Gasteiger partial charge in [0.05, 0.1) is 5.88 Å². The molecule has 2 nitrogen and oxygen atoms in total. The molecule has 0 unspecified atom stereocenters. The van der Waals surface area contributed by atoms with E-state index in [0.717, 1.165) is 5.88 Å². The second-order valence-corrected chi connectivity index (χ2v) is 2.30. The zero-order valence-electron chi connectivity index (χ0n) is 4.09. The molecule has 0 aliphatic carbocycles. The Morgan fingerprint density at radius 2 is 2.71 bits per heavy atom. The molecule has 0 amide bonds. The maximum atomic E-state index is 8.76. The topological polar surface area (TPSA) is 23.5 Å². The van der Waals surface area contributed by atoms with Crippen LogP contribution in [0.5, 0.6) is 0 Å². The van der Waals surface area contributed by atoms with E-state index >= 15 is 0 Å². The Morgan fingerprint density at radius 3 is 2.86 bits per heavy atom. The van der Waals surface area contributed by atoms with E-state index in [1.807, 2.05) is 7.05 Å². The Hall–Kier alpha value is -0.310. The van der Waals surface area contributed by atoms with Gasteiger partial charge in [-0.05, 0) is 0 Å². The fourth-order valence-corrected chi connectivity index (χ4v) is 1.14. The van der Waals surface area contributed by atoms with Crippen molar-refractivity contribution in [2.24, 2.45) is 0 Å². The largest absolute Gasteiger partial charge is 0.494 e. The zero-order chi connectivity index (χ0) is 5.28. The van der Waals surface area contributed by atoms with Gasteiger partial charge in [0.1, 0.15) is 0 Å². The fourth-order valence-electron chi connectivity index (χ4n) is 0.380. The number of hydrogen-bond donors (Lipinski definition) is 1. The van der Waals surface area contributed by atoms with Gasteiger partial charge >= 0.3 is 0 Å². The molecule has 0 saturated carbocycles. The van der Waals surface area contributed by atoms with E-state index in [-0.39, 0.29) is 0 Å². The lowest BCUT2D eigenvalue weighted by Crippen LogP contribution is -2.10. The molecular formula is C4H7NOS. The van der Waals surface area contributed by atoms with Crippen molar-refractivity contribution in [2.75, 3.05) is 12.9 Å². The molecule has 0 aromatic carbocycles. The highest BCUT2D eigenvalue weighted by Gasteiger charge is 2.06. The molecule has 0 aromatic rings. The lowest BCUT2D eigenvalue weighted by atomic mass is 10.8. The predicted molar refractivity (Wildman–Crippen MR) is 30.9 cm³/mol. The number of nitrogens with zero attached hydrogens (tertiary/aromatic N) is 1. The van der Waals surface area contributed by atoms with Crippen molar-refractivity contribution >= 4 is 11.8 Å². The Balaban J connectivity index is 2.54. The summed E-state index contributed by atoms with van der Waals surface area (Å²) in [5.41, 5.74) is 0. The second kappa shape index (κ2) is 1.66. The summed E-state index contributed by atoms with van der Waals surface area (Å²) in [6.45, 7) is 0. The van der Waals surface area contributed by atoms with Crippen LogP contribution in [-0.2, 0) is 0 Å². The van der Waals surface area contributed by atoms with Gasteiger partial charge in [0.15, 0.2) is 5.88 Å². The first kappa shape index (κ1) is 4.84. The van der Waals surface area contributed by atoms with E-state index in [9.17, 15) is 0 Å². The van der Waals surface area contributed by atoms with E-state index < -0.39 is 0 Å². The molecule has 0 radical (unpaired) electrons. The highest BCUT2D eigenvalue weighted by molar-refractivity contribution is 8.02. The number of hydrogen-bond acceptors (Lipinski definition) is 3. The third kappa shape index (κ3) is 0.825. The maximum absolute atomic E-state index is 8.76. The van der Waals surface area contributed by atoms with Gasteiger partial charge in [-0.2, -0.15) is 0 Å². The van der Waals surface area contributed by atoms with Crippen molar-refractivity contribution in [1.29, 1.82) is 0 Å². The minimum Gasteiger partial charge on any atom is -0.494 e. The average molecular weight is 117 g/mol. The van der Waals surface area contributed by atoms with Gasteiger partial charge < -0.3 is 10.0 Å². The molecule has 7 heavy (non-hydrogen) atoms. The van der Waals surface area contributed by atoms with E-state index in [2.05, 4.69) is 0 Å². The number of rotatable bonds is 0. The van der Waals surface area contributed by atoms with Crippen molar-refractivity contribution in [3.8, 4) is 0 Å². The molecule has 1 aliphatic heterocycles. The van der Waals surface area contributed by atoms with Gasteiger partial charge in [-0.3, -0.25) is 0 Å². The van der Waals surface area contributed by atoms with Gasteiger partial charge in [-0.1, -0.05) is 0 Å². The van der Waals surface area contributed by atoms with Crippen LogP contribution in [0.15, 0.2) is 11.3 Å². The van der Waals surface area contributed by atoms with E-state index in [1.54, 1.807) is 22.1 Å². The minimum atomic E-state index is 0.380. The van der Waals surface area contributed by atoms with Crippen LogP contribution in [-0.4, -0.2) is 22.9 Å². The average Bonchev–Trinajstić information content (AvgIpc) is 1.91. The lowest BCUT2D eigenvalue weighted by Gasteiger charge is -2.06. The van der Waals surface area contributed by atoms with E-state index in [0.29, 0.717) is 5.88 Å². The molecule has 1 aliphatic rings. The van der Waals surface area contributed by atoms with Gasteiger partial charge in [-0.15, -0.1) is 11.8 Å². The third-order valence-electron chi connectivity index (χ3n) is 0.848. The highest BCUT2D eigenvalue weighted by Crippen LogP contribution is 2.17. The molecule has 0 atom stereocenters. The molecule has 1 rings (SSSR count). The van der Waals surface area contributed by atoms with Crippen molar-refractivity contribution in [3.05, 3.63) is 11.3 Å². The molecule has 40 valence electrons. The van der Waals surface area contributed by atoms with E-state index in [1.165, 1.54) is 0 Å². The summed E-state index contributed by atoms with van der Waals surface area (Å²) in [7, 11) is 1.85. The van der Waals surface area contributed by atoms with Crippen LogP contribution in [0.25, 0.3) is 0 Å². The predicted octanol–water partition coefficient (Wildman–Crippen LogP) is 0.979. The van der Waals surface area contributed by atoms with Gasteiger partial charge in [0.2, 0.25) is 0 Å². The fraction of sp³-hybridized carbons (Fsp3) is 0.500. The smallest absolute Gasteiger partial charge is 0.193 e. The van der Waals surface area contributed by atoms with Crippen molar-refractivity contribution in [1.82, 2.24) is 4.90 Å². The zero-order valence-corrected chi connectivity index (χ0v) is 4.90. The number of thioether (sulfide) groups is 1. The lowest BCUT2D eigenvalue weighted by molar-refractivity contribution is 0.264. The second-order valence-electron chi connectivity index (χ2n) is 1.47. The van der Waals surface area contributed by atoms with Gasteiger partial charge in [0, 0.05) is 12.5 Å². The van der Waals surface area contributed by atoms with Crippen molar-refractivity contribution in [2.45, 2.75) is 0 Å². The van der Waals surface area contributed by atoms with Crippen molar-refractivity contribution in [3.63, 3.8) is 0 Å². The number of aliphatic hydroxyl groups is 1. The quantitative estimate of drug-likeness (QED) is 0.511. The van der Waals surface area contributed by atoms with Gasteiger partial charge in [0.25, 0.3) is 0 Å². The molecule has 3 heteroatoms. The summed E-state index contributed by atoms with van der Waals surface area (Å²) < 4.78 is 0. The summed E-state index contributed by atoms with van der Waals surface area (Å²) in [5.74, 6) is 1.26. The maximum Gasteiger partial charge on any atom is 0.193 e. The molecule has 0 spiro atoms. The van der Waals surface area contributed by atoms with Crippen LogP contribution in [0.2, 0.25) is 0 Å². The van der Waals surface area contributed by atoms with E-state index in [4.69, 9.17) is 5.11 Å². The molecule has 0 bridgehead atoms. The molecule has 0 aromatic heterocycles. The van der Waals surface area contributed by atoms with Crippen LogP contribution in [0, 0.1) is 0 Å². The van der Waals surface area contributed by atoms with Crippen molar-refractivity contribution < 1.29 is 5.11 Å². The van der Waals surface area contributed by atoms with Gasteiger partial charge in [-0.25, -0.2) is 0 Å². The van der Waals surface area contributed by atoms with Crippen LogP contribution >= 0.6 is 11.8 Å². The molecule has 1 N–H and O–H groups in total. The molecular weight excluding hydrogens is 110 g/mol. The molecule has 0 saturated heterocycles. The Bertz CT molecular complexity index is 102. The Kier molecular flexibility index (Phi) is 1.15. The molecule has 0 fully saturated rings. The summed E-state index contributed by atoms with van der Waals surface area (Å²) in [4.78, 5) is 1.78. The highest BCUT2D eigenvalue weighted by atomic mass is 32.2. The first-order chi connectivity index (χ1) is 3.30. The van der Waals surface area contributed by atoms with Crippen LogP contribution in [0.4, 0.5) is 0 Å². The monoisotopic (exact) mass is 117 g/mol. The first-order valence-corrected chi connectivity index (χ1v) is 3.07. The Labute approximate surface area is 46.8 Å². The van der Waals surface area contributed by atoms with Crippen LogP contribution < -0.4 is 0 Å². The summed E-state index contributed by atoms with van der Waals surface area (Å²) in [6.07, 6.45) is 0. The minimum absolute atomic E-state index is 0.380. The SMILES string of the molecule is CN1CSC=C1O. The summed E-state index contributed by atoms with van der Waals surface area (Å²) in [5, 5.41) is 10.5. The Morgan fingerprint density at radius 1 is 2.00 bits per heavy atom. The molecule has 1 heterocycles. The third-order valence-corrected chi connectivity index (χ3v) is 1.76. The summed E-state index contributed by atoms with van der Waals surface area (Å²) >= 11 is 1.60. The standard InChI is InChI=1S/C4H7NOS/c1-5-3-7-2-4(5)6/h2,6H,3H2,1H3. The van der Waals surface area contributed by atoms with Crippen LogP contribution in [0.3, 0.4) is 0 Å². The normalized spacial score (nSPS) is 20.1. The first-order valence-electron chi connectivity index (χ1n) is 2.02. The summed E-state index contributed by atoms with van der Waals surface area (Å²) in [6, 6.07) is 0. The number of aliphatic hydroxyl groups excluding tert-OH is 1.